The summed E-state index contributed by atoms with van der Waals surface area (Å²) < 4.78 is 5.34. The van der Waals surface area contributed by atoms with Crippen molar-refractivity contribution in [2.24, 2.45) is 0 Å². The van der Waals surface area contributed by atoms with E-state index in [-0.39, 0.29) is 17.7 Å². The van der Waals surface area contributed by atoms with Gasteiger partial charge in [-0.25, -0.2) is 4.79 Å². The number of thiol groups is 1. The number of benzene rings is 1. The lowest BCUT2D eigenvalue weighted by atomic mass is 10.1. The van der Waals surface area contributed by atoms with Crippen molar-refractivity contribution in [2.45, 2.75) is 11.8 Å². The van der Waals surface area contributed by atoms with E-state index in [0.717, 1.165) is 0 Å². The van der Waals surface area contributed by atoms with Crippen LogP contribution in [-0.2, 0) is 4.74 Å². The number of esters is 1. The first-order chi connectivity index (χ1) is 7.11. The van der Waals surface area contributed by atoms with E-state index in [0.29, 0.717) is 9.37 Å². The van der Waals surface area contributed by atoms with Crippen molar-refractivity contribution < 1.29 is 9.53 Å². The Hall–Kier alpha value is -0.990. The number of carbonyl (C=O) groups excluding carboxylic acids is 1. The minimum absolute atomic E-state index is 0.229. The normalized spacial score (nSPS) is 9.47. The monoisotopic (exact) mass is 285 g/mol. The number of nitrogens with zero attached hydrogens (tertiary/aromatic N) is 1. The highest BCUT2D eigenvalue weighted by Crippen LogP contribution is 2.28. The summed E-state index contributed by atoms with van der Waals surface area (Å²) in [5.74, 6) is -0.517. The van der Waals surface area contributed by atoms with Crippen LogP contribution in [0.15, 0.2) is 21.5 Å². The van der Waals surface area contributed by atoms with Gasteiger partial charge in [-0.3, -0.25) is 0 Å². The Kier molecular flexibility index (Phi) is 4.18. The van der Waals surface area contributed by atoms with Crippen molar-refractivity contribution in [3.63, 3.8) is 0 Å². The third-order valence-corrected chi connectivity index (χ3v) is 3.22. The molecule has 0 aromatic heterocycles. The average molecular weight is 286 g/mol. The van der Waals surface area contributed by atoms with Crippen LogP contribution >= 0.6 is 28.6 Å². The summed E-state index contributed by atoms with van der Waals surface area (Å²) >= 11 is 7.37. The van der Waals surface area contributed by atoms with E-state index >= 15 is 0 Å². The Balaban J connectivity index is 3.31. The van der Waals surface area contributed by atoms with Crippen molar-refractivity contribution in [3.8, 4) is 6.07 Å². The second-order valence-electron chi connectivity index (χ2n) is 2.65. The molecular formula is C10H8BrNO2S. The number of ether oxygens (including phenoxy) is 1. The average Bonchev–Trinajstić information content (AvgIpc) is 2.22. The second-order valence-corrected chi connectivity index (χ2v) is 3.93. The minimum Gasteiger partial charge on any atom is -0.462 e. The van der Waals surface area contributed by atoms with E-state index in [2.05, 4.69) is 28.6 Å². The van der Waals surface area contributed by atoms with Gasteiger partial charge in [-0.05, 0) is 35.0 Å². The number of nitriles is 1. The highest BCUT2D eigenvalue weighted by Gasteiger charge is 2.18. The molecule has 0 saturated carbocycles. The topological polar surface area (TPSA) is 50.1 Å². The number of carbonyl (C=O) groups is 1. The zero-order valence-corrected chi connectivity index (χ0v) is 10.4. The maximum atomic E-state index is 11.6. The predicted molar refractivity (Wildman–Crippen MR) is 62.1 cm³/mol. The Bertz CT molecular complexity index is 440. The van der Waals surface area contributed by atoms with Crippen LogP contribution in [0.2, 0.25) is 0 Å². The zero-order valence-electron chi connectivity index (χ0n) is 7.95. The van der Waals surface area contributed by atoms with Crippen molar-refractivity contribution in [1.82, 2.24) is 0 Å². The molecule has 0 aliphatic rings. The van der Waals surface area contributed by atoms with Crippen molar-refractivity contribution >= 4 is 34.5 Å². The molecule has 1 rings (SSSR count). The molecule has 0 unspecified atom stereocenters. The van der Waals surface area contributed by atoms with Crippen LogP contribution in [-0.4, -0.2) is 12.6 Å². The maximum absolute atomic E-state index is 11.6. The first kappa shape index (κ1) is 12.1. The zero-order chi connectivity index (χ0) is 11.4. The van der Waals surface area contributed by atoms with Gasteiger partial charge in [-0.2, -0.15) is 5.26 Å². The molecule has 78 valence electrons. The van der Waals surface area contributed by atoms with E-state index in [4.69, 9.17) is 10.00 Å². The number of hydrogen-bond acceptors (Lipinski definition) is 4. The van der Waals surface area contributed by atoms with Crippen molar-refractivity contribution in [3.05, 3.63) is 27.7 Å². The quantitative estimate of drug-likeness (QED) is 0.672. The van der Waals surface area contributed by atoms with E-state index in [1.807, 2.05) is 6.07 Å². The van der Waals surface area contributed by atoms with Gasteiger partial charge in [0.1, 0.15) is 6.07 Å². The van der Waals surface area contributed by atoms with Crippen LogP contribution in [0.4, 0.5) is 0 Å². The lowest BCUT2D eigenvalue weighted by Gasteiger charge is -2.07. The van der Waals surface area contributed by atoms with Gasteiger partial charge in [-0.15, -0.1) is 12.6 Å². The second kappa shape index (κ2) is 5.19. The molecule has 0 radical (unpaired) electrons. The summed E-state index contributed by atoms with van der Waals surface area (Å²) in [6.45, 7) is 1.98. The summed E-state index contributed by atoms with van der Waals surface area (Å²) in [4.78, 5) is 12.2. The molecule has 1 aromatic carbocycles. The molecule has 0 atom stereocenters. The summed E-state index contributed by atoms with van der Waals surface area (Å²) in [7, 11) is 0. The van der Waals surface area contributed by atoms with Gasteiger partial charge < -0.3 is 4.74 Å². The van der Waals surface area contributed by atoms with Crippen LogP contribution in [0.1, 0.15) is 22.8 Å². The number of rotatable bonds is 2. The Morgan fingerprint density at radius 2 is 2.33 bits per heavy atom. The fourth-order valence-electron chi connectivity index (χ4n) is 1.06. The van der Waals surface area contributed by atoms with Gasteiger partial charge in [-0.1, -0.05) is 0 Å². The molecule has 0 saturated heterocycles. The fraction of sp³-hybridized carbons (Fsp3) is 0.200. The number of halogens is 1. The molecule has 0 heterocycles. The van der Waals surface area contributed by atoms with Crippen molar-refractivity contribution in [1.29, 1.82) is 5.26 Å². The van der Waals surface area contributed by atoms with Crippen LogP contribution in [0.5, 0.6) is 0 Å². The Morgan fingerprint density at radius 1 is 1.67 bits per heavy atom. The molecule has 3 nitrogen and oxygen atoms in total. The standard InChI is InChI=1S/C10H8BrNO2S/c1-2-14-10(13)8-6(5-12)3-4-7(15)9(8)11/h3-4,15H,2H2,1H3. The third kappa shape index (κ3) is 2.52. The molecule has 0 fully saturated rings. The first-order valence-corrected chi connectivity index (χ1v) is 5.44. The SMILES string of the molecule is CCOC(=O)c1c(C#N)ccc(S)c1Br. The molecule has 0 N–H and O–H groups in total. The molecule has 5 heteroatoms. The largest absolute Gasteiger partial charge is 0.462 e. The summed E-state index contributed by atoms with van der Waals surface area (Å²) in [6.07, 6.45) is 0. The summed E-state index contributed by atoms with van der Waals surface area (Å²) in [6, 6.07) is 5.13. The molecule has 0 aliphatic carbocycles. The minimum atomic E-state index is -0.517. The third-order valence-electron chi connectivity index (χ3n) is 1.72. The highest BCUT2D eigenvalue weighted by atomic mass is 79.9. The van der Waals surface area contributed by atoms with Crippen LogP contribution in [0, 0.1) is 11.3 Å². The highest BCUT2D eigenvalue weighted by molar-refractivity contribution is 9.10. The lowest BCUT2D eigenvalue weighted by molar-refractivity contribution is 0.0524. The first-order valence-electron chi connectivity index (χ1n) is 4.20. The maximum Gasteiger partial charge on any atom is 0.340 e. The van der Waals surface area contributed by atoms with Crippen LogP contribution in [0.3, 0.4) is 0 Å². The molecule has 0 amide bonds. The van der Waals surface area contributed by atoms with Gasteiger partial charge in [0.15, 0.2) is 0 Å². The molecule has 1 aromatic rings. The molecular weight excluding hydrogens is 278 g/mol. The Labute approximate surface area is 102 Å². The summed E-state index contributed by atoms with van der Waals surface area (Å²) in [5, 5.41) is 8.85. The van der Waals surface area contributed by atoms with E-state index in [9.17, 15) is 4.79 Å². The van der Waals surface area contributed by atoms with Crippen molar-refractivity contribution in [2.75, 3.05) is 6.61 Å². The Morgan fingerprint density at radius 3 is 2.87 bits per heavy atom. The fourth-order valence-corrected chi connectivity index (χ4v) is 1.76. The lowest BCUT2D eigenvalue weighted by Crippen LogP contribution is -2.08. The number of hydrogen-bond donors (Lipinski definition) is 1. The van der Waals surface area contributed by atoms with Gasteiger partial charge in [0.25, 0.3) is 0 Å². The van der Waals surface area contributed by atoms with Gasteiger partial charge in [0.05, 0.1) is 17.7 Å². The molecule has 15 heavy (non-hydrogen) atoms. The predicted octanol–water partition coefficient (Wildman–Crippen LogP) is 2.79. The molecule has 0 aliphatic heterocycles. The van der Waals surface area contributed by atoms with Gasteiger partial charge >= 0.3 is 5.97 Å². The summed E-state index contributed by atoms with van der Waals surface area (Å²) in [5.41, 5.74) is 0.505. The van der Waals surface area contributed by atoms with Crippen LogP contribution in [0.25, 0.3) is 0 Å². The van der Waals surface area contributed by atoms with Gasteiger partial charge in [0, 0.05) is 9.37 Å². The smallest absolute Gasteiger partial charge is 0.340 e. The van der Waals surface area contributed by atoms with Gasteiger partial charge in [0.2, 0.25) is 0 Å². The van der Waals surface area contributed by atoms with E-state index in [1.54, 1.807) is 19.1 Å². The molecule has 0 spiro atoms. The van der Waals surface area contributed by atoms with E-state index in [1.165, 1.54) is 0 Å². The van der Waals surface area contributed by atoms with Crippen LogP contribution < -0.4 is 0 Å². The van der Waals surface area contributed by atoms with E-state index < -0.39 is 5.97 Å². The molecule has 0 bridgehead atoms.